The Kier molecular flexibility index (Phi) is 4.49. The van der Waals surface area contributed by atoms with Crippen molar-refractivity contribution in [2.45, 2.75) is 79.1 Å². The molecule has 0 aliphatic carbocycles. The van der Waals surface area contributed by atoms with Gasteiger partial charge in [0.2, 0.25) is 0 Å². The molecule has 1 rings (SSSR count). The van der Waals surface area contributed by atoms with Crippen LogP contribution in [-0.4, -0.2) is 4.98 Å². The van der Waals surface area contributed by atoms with Crippen LogP contribution in [0.25, 0.3) is 0 Å². The van der Waals surface area contributed by atoms with Crippen molar-refractivity contribution in [2.24, 2.45) is 5.41 Å². The van der Waals surface area contributed by atoms with Crippen molar-refractivity contribution < 1.29 is 0 Å². The molecule has 108 valence electrons. The van der Waals surface area contributed by atoms with Crippen molar-refractivity contribution in [3.63, 3.8) is 0 Å². The molecule has 0 saturated carbocycles. The van der Waals surface area contributed by atoms with E-state index in [1.165, 1.54) is 24.2 Å². The third-order valence-corrected chi connectivity index (χ3v) is 4.83. The second kappa shape index (κ2) is 5.26. The van der Waals surface area contributed by atoms with Crippen LogP contribution in [0, 0.1) is 5.41 Å². The molecule has 1 aromatic heterocycles. The Bertz CT molecular complexity index is 422. The molecule has 0 spiro atoms. The monoisotopic (exact) mass is 261 g/mol. The lowest BCUT2D eigenvalue weighted by atomic mass is 9.67. The lowest BCUT2D eigenvalue weighted by Gasteiger charge is -2.39. The lowest BCUT2D eigenvalue weighted by molar-refractivity contribution is 0.218. The summed E-state index contributed by atoms with van der Waals surface area (Å²) in [5.41, 5.74) is 2.88. The molecule has 19 heavy (non-hydrogen) atoms. The largest absolute Gasteiger partial charge is 0.257 e. The smallest absolute Gasteiger partial charge is 0.0468 e. The maximum absolute atomic E-state index is 5.00. The van der Waals surface area contributed by atoms with E-state index in [4.69, 9.17) is 4.98 Å². The third-order valence-electron chi connectivity index (χ3n) is 4.83. The Balaban J connectivity index is 3.22. The molecule has 0 aliphatic heterocycles. The first-order valence-electron chi connectivity index (χ1n) is 7.50. The fourth-order valence-electron chi connectivity index (χ4n) is 2.30. The molecular weight excluding hydrogens is 230 g/mol. The lowest BCUT2D eigenvalue weighted by Crippen LogP contribution is -2.35. The van der Waals surface area contributed by atoms with E-state index < -0.39 is 0 Å². The summed E-state index contributed by atoms with van der Waals surface area (Å²) >= 11 is 0. The zero-order valence-electron chi connectivity index (χ0n) is 14.1. The van der Waals surface area contributed by atoms with Gasteiger partial charge in [-0.1, -0.05) is 67.9 Å². The Labute approximate surface area is 119 Å². The minimum absolute atomic E-state index is 0.0747. The standard InChI is InChI=1S/C18H31N/c1-9-13-17(5,6)14-11-10-12-15(19-14)18(7,8)16(2,3)4/h10-12H,9,13H2,1-8H3. The summed E-state index contributed by atoms with van der Waals surface area (Å²) in [6.45, 7) is 18.3. The Morgan fingerprint density at radius 1 is 0.895 bits per heavy atom. The Morgan fingerprint density at radius 2 is 1.42 bits per heavy atom. The first-order valence-corrected chi connectivity index (χ1v) is 7.50. The zero-order valence-corrected chi connectivity index (χ0v) is 14.1. The van der Waals surface area contributed by atoms with Gasteiger partial charge in [0.15, 0.2) is 0 Å². The summed E-state index contributed by atoms with van der Waals surface area (Å²) in [5, 5.41) is 0. The summed E-state index contributed by atoms with van der Waals surface area (Å²) in [6.07, 6.45) is 2.38. The van der Waals surface area contributed by atoms with Crippen LogP contribution in [0.5, 0.6) is 0 Å². The van der Waals surface area contributed by atoms with Crippen molar-refractivity contribution in [3.8, 4) is 0 Å². The van der Waals surface area contributed by atoms with E-state index in [-0.39, 0.29) is 16.2 Å². The summed E-state index contributed by atoms with van der Waals surface area (Å²) < 4.78 is 0. The van der Waals surface area contributed by atoms with Crippen molar-refractivity contribution in [1.29, 1.82) is 0 Å². The van der Waals surface area contributed by atoms with Crippen molar-refractivity contribution >= 4 is 0 Å². The van der Waals surface area contributed by atoms with E-state index in [1.54, 1.807) is 0 Å². The van der Waals surface area contributed by atoms with E-state index in [9.17, 15) is 0 Å². The molecule has 0 unspecified atom stereocenters. The van der Waals surface area contributed by atoms with Gasteiger partial charge in [-0.3, -0.25) is 4.98 Å². The molecule has 0 atom stereocenters. The highest BCUT2D eigenvalue weighted by atomic mass is 14.8. The predicted molar refractivity (Wildman–Crippen MR) is 84.7 cm³/mol. The molecule has 0 N–H and O–H groups in total. The molecule has 0 aliphatic rings. The molecular formula is C18H31N. The van der Waals surface area contributed by atoms with Crippen molar-refractivity contribution in [1.82, 2.24) is 4.98 Å². The van der Waals surface area contributed by atoms with Crippen LogP contribution in [0.15, 0.2) is 18.2 Å². The predicted octanol–water partition coefficient (Wildman–Crippen LogP) is 5.48. The van der Waals surface area contributed by atoms with Gasteiger partial charge in [-0.2, -0.15) is 0 Å². The summed E-state index contributed by atoms with van der Waals surface area (Å²) in [6, 6.07) is 6.53. The highest BCUT2D eigenvalue weighted by Crippen LogP contribution is 2.40. The number of rotatable bonds is 4. The van der Waals surface area contributed by atoms with Gasteiger partial charge in [-0.05, 0) is 24.0 Å². The fourth-order valence-corrected chi connectivity index (χ4v) is 2.30. The zero-order chi connectivity index (χ0) is 14.9. The number of pyridine rings is 1. The SMILES string of the molecule is CCCC(C)(C)c1cccc(C(C)(C)C(C)(C)C)n1. The van der Waals surface area contributed by atoms with Gasteiger partial charge in [0.05, 0.1) is 0 Å². The second-order valence-corrected chi connectivity index (χ2v) is 7.92. The van der Waals surface area contributed by atoms with Gasteiger partial charge in [-0.25, -0.2) is 0 Å². The average molecular weight is 261 g/mol. The number of aromatic nitrogens is 1. The number of hydrogen-bond acceptors (Lipinski definition) is 1. The maximum Gasteiger partial charge on any atom is 0.0468 e. The van der Waals surface area contributed by atoms with E-state index in [1.807, 2.05) is 0 Å². The van der Waals surface area contributed by atoms with Crippen LogP contribution in [0.1, 0.15) is 79.6 Å². The molecule has 0 radical (unpaired) electrons. The number of hydrogen-bond donors (Lipinski definition) is 0. The van der Waals surface area contributed by atoms with Crippen molar-refractivity contribution in [2.75, 3.05) is 0 Å². The quantitative estimate of drug-likeness (QED) is 0.699. The molecule has 0 saturated heterocycles. The van der Waals surface area contributed by atoms with Crippen LogP contribution in [0.4, 0.5) is 0 Å². The van der Waals surface area contributed by atoms with Crippen LogP contribution >= 0.6 is 0 Å². The molecule has 0 bridgehead atoms. The van der Waals surface area contributed by atoms with Gasteiger partial charge >= 0.3 is 0 Å². The first-order chi connectivity index (χ1) is 8.52. The third kappa shape index (κ3) is 3.38. The van der Waals surface area contributed by atoms with Gasteiger partial charge < -0.3 is 0 Å². The minimum atomic E-state index is 0.0747. The van der Waals surface area contributed by atoms with Crippen LogP contribution in [-0.2, 0) is 10.8 Å². The molecule has 0 amide bonds. The molecule has 1 heteroatoms. The van der Waals surface area contributed by atoms with E-state index in [0.717, 1.165) is 0 Å². The minimum Gasteiger partial charge on any atom is -0.257 e. The van der Waals surface area contributed by atoms with Crippen LogP contribution < -0.4 is 0 Å². The maximum atomic E-state index is 5.00. The van der Waals surface area contributed by atoms with Gasteiger partial charge in [0.25, 0.3) is 0 Å². The Morgan fingerprint density at radius 3 is 1.89 bits per heavy atom. The first kappa shape index (κ1) is 16.2. The summed E-state index contributed by atoms with van der Waals surface area (Å²) in [4.78, 5) is 5.00. The van der Waals surface area contributed by atoms with E-state index >= 15 is 0 Å². The normalized spacial score (nSPS) is 13.7. The number of nitrogens with zero attached hydrogens (tertiary/aromatic N) is 1. The molecule has 1 nitrogen and oxygen atoms in total. The molecule has 0 fully saturated rings. The van der Waals surface area contributed by atoms with Gasteiger partial charge in [0, 0.05) is 22.2 Å². The van der Waals surface area contributed by atoms with Crippen molar-refractivity contribution in [3.05, 3.63) is 29.6 Å². The highest BCUT2D eigenvalue weighted by molar-refractivity contribution is 5.24. The van der Waals surface area contributed by atoms with Crippen LogP contribution in [0.2, 0.25) is 0 Å². The van der Waals surface area contributed by atoms with Gasteiger partial charge in [-0.15, -0.1) is 0 Å². The fraction of sp³-hybridized carbons (Fsp3) is 0.722. The highest BCUT2D eigenvalue weighted by Gasteiger charge is 2.36. The summed E-state index contributed by atoms with van der Waals surface area (Å²) in [5.74, 6) is 0. The Hall–Kier alpha value is -0.850. The molecule has 0 aromatic carbocycles. The summed E-state index contributed by atoms with van der Waals surface area (Å²) in [7, 11) is 0. The van der Waals surface area contributed by atoms with Crippen LogP contribution in [0.3, 0.4) is 0 Å². The second-order valence-electron chi connectivity index (χ2n) is 7.92. The van der Waals surface area contributed by atoms with E-state index in [2.05, 4.69) is 73.6 Å². The van der Waals surface area contributed by atoms with Gasteiger partial charge in [0.1, 0.15) is 0 Å². The average Bonchev–Trinajstić information content (AvgIpc) is 2.27. The van der Waals surface area contributed by atoms with E-state index in [0.29, 0.717) is 0 Å². The molecule has 1 aromatic rings. The molecule has 1 heterocycles. The topological polar surface area (TPSA) is 12.9 Å².